The smallest absolute Gasteiger partial charge is 0.251 e. The molecule has 1 saturated heterocycles. The highest BCUT2D eigenvalue weighted by molar-refractivity contribution is 5.94. The number of hydrogen-bond donors (Lipinski definition) is 1. The van der Waals surface area contributed by atoms with Crippen LogP contribution in [0.2, 0.25) is 0 Å². The van der Waals surface area contributed by atoms with E-state index in [1.807, 2.05) is 25.1 Å². The fourth-order valence-corrected chi connectivity index (χ4v) is 4.53. The number of aromatic nitrogens is 1. The van der Waals surface area contributed by atoms with Gasteiger partial charge >= 0.3 is 0 Å². The number of halogens is 1. The van der Waals surface area contributed by atoms with E-state index in [-0.39, 0.29) is 17.8 Å². The van der Waals surface area contributed by atoms with Gasteiger partial charge in [0.2, 0.25) is 0 Å². The van der Waals surface area contributed by atoms with Crippen LogP contribution in [0.4, 0.5) is 4.39 Å². The van der Waals surface area contributed by atoms with Crippen molar-refractivity contribution in [1.82, 2.24) is 15.2 Å². The van der Waals surface area contributed by atoms with Crippen LogP contribution in [0.1, 0.15) is 46.8 Å². The van der Waals surface area contributed by atoms with E-state index in [4.69, 9.17) is 4.74 Å². The van der Waals surface area contributed by atoms with Gasteiger partial charge in [-0.25, -0.2) is 4.39 Å². The molecule has 34 heavy (non-hydrogen) atoms. The number of nitrogens with one attached hydrogen (secondary N) is 1. The van der Waals surface area contributed by atoms with Gasteiger partial charge in [-0.05, 0) is 67.1 Å². The molecule has 6 nitrogen and oxygen atoms in total. The Morgan fingerprint density at radius 2 is 2.06 bits per heavy atom. The Morgan fingerprint density at radius 1 is 1.26 bits per heavy atom. The van der Waals surface area contributed by atoms with Gasteiger partial charge in [-0.15, -0.1) is 0 Å². The lowest BCUT2D eigenvalue weighted by Gasteiger charge is -2.32. The molecule has 0 spiro atoms. The third kappa shape index (κ3) is 5.18. The van der Waals surface area contributed by atoms with E-state index >= 15 is 0 Å². The third-order valence-corrected chi connectivity index (χ3v) is 6.60. The number of nitrogens with zero attached hydrogens (tertiary/aromatic N) is 3. The molecule has 0 bridgehead atoms. The normalized spacial score (nSPS) is 14.6. The van der Waals surface area contributed by atoms with Gasteiger partial charge in [0.25, 0.3) is 5.91 Å². The summed E-state index contributed by atoms with van der Waals surface area (Å²) in [7, 11) is 1.63. The highest BCUT2D eigenvalue weighted by atomic mass is 19.1. The first-order valence-corrected chi connectivity index (χ1v) is 11.7. The largest absolute Gasteiger partial charge is 0.497 e. The van der Waals surface area contributed by atoms with Crippen LogP contribution in [-0.2, 0) is 12.8 Å². The van der Waals surface area contributed by atoms with Crippen LogP contribution >= 0.6 is 0 Å². The number of nitriles is 1. The Kier molecular flexibility index (Phi) is 7.39. The highest BCUT2D eigenvalue weighted by Crippen LogP contribution is 2.26. The van der Waals surface area contributed by atoms with Crippen molar-refractivity contribution in [2.24, 2.45) is 0 Å². The third-order valence-electron chi connectivity index (χ3n) is 6.60. The summed E-state index contributed by atoms with van der Waals surface area (Å²) in [6.45, 7) is 4.40. The van der Waals surface area contributed by atoms with E-state index in [0.717, 1.165) is 61.1 Å². The van der Waals surface area contributed by atoms with E-state index in [2.05, 4.69) is 21.3 Å². The van der Waals surface area contributed by atoms with Crippen molar-refractivity contribution >= 4 is 16.8 Å². The van der Waals surface area contributed by atoms with Crippen molar-refractivity contribution in [2.75, 3.05) is 26.7 Å². The van der Waals surface area contributed by atoms with Crippen molar-refractivity contribution in [3.63, 3.8) is 0 Å². The van der Waals surface area contributed by atoms with Crippen molar-refractivity contribution in [1.29, 1.82) is 5.26 Å². The number of hydrogen-bond acceptors (Lipinski definition) is 5. The fraction of sp³-hybridized carbons (Fsp3) is 0.370. The number of aryl methyl sites for hydroxylation is 1. The first-order chi connectivity index (χ1) is 16.5. The average molecular weight is 461 g/mol. The average Bonchev–Trinajstić information content (AvgIpc) is 2.87. The van der Waals surface area contributed by atoms with E-state index in [1.54, 1.807) is 25.4 Å². The van der Waals surface area contributed by atoms with Gasteiger partial charge in [-0.2, -0.15) is 5.26 Å². The number of rotatable bonds is 7. The first kappa shape index (κ1) is 23.7. The summed E-state index contributed by atoms with van der Waals surface area (Å²) in [5.41, 5.74) is 3.40. The number of carbonyl (C=O) groups is 1. The molecule has 176 valence electrons. The Balaban J connectivity index is 1.35. The van der Waals surface area contributed by atoms with E-state index in [0.29, 0.717) is 23.1 Å². The number of piperidine rings is 1. The summed E-state index contributed by atoms with van der Waals surface area (Å²) in [6.07, 6.45) is 4.64. The number of carbonyl (C=O) groups excluding carboxylic acids is 1. The Bertz CT molecular complexity index is 1230. The van der Waals surface area contributed by atoms with Gasteiger partial charge in [0.1, 0.15) is 17.6 Å². The molecule has 0 aliphatic carbocycles. The van der Waals surface area contributed by atoms with E-state index < -0.39 is 0 Å². The molecule has 7 heteroatoms. The number of benzene rings is 2. The molecule has 1 aliphatic heterocycles. The van der Waals surface area contributed by atoms with E-state index in [9.17, 15) is 14.4 Å². The molecule has 1 aliphatic rings. The van der Waals surface area contributed by atoms with Crippen molar-refractivity contribution in [3.8, 4) is 11.8 Å². The minimum Gasteiger partial charge on any atom is -0.497 e. The maximum atomic E-state index is 14.0. The number of amides is 1. The summed E-state index contributed by atoms with van der Waals surface area (Å²) in [6, 6.07) is 12.8. The predicted octanol–water partition coefficient (Wildman–Crippen LogP) is 4.25. The van der Waals surface area contributed by atoms with E-state index in [1.165, 1.54) is 6.07 Å². The molecule has 0 unspecified atom stereocenters. The molecule has 2 aromatic carbocycles. The SMILES string of the molecule is CCc1ccc(C(=O)NC2CCN(CCc3c(C#N)cnc4ccc(OC)cc34)CC2)cc1F. The molecule has 0 radical (unpaired) electrons. The monoisotopic (exact) mass is 460 g/mol. The van der Waals surface area contributed by atoms with Gasteiger partial charge in [-0.3, -0.25) is 9.78 Å². The molecule has 1 fully saturated rings. The molecule has 0 saturated carbocycles. The summed E-state index contributed by atoms with van der Waals surface area (Å²) >= 11 is 0. The maximum absolute atomic E-state index is 14.0. The summed E-state index contributed by atoms with van der Waals surface area (Å²) < 4.78 is 19.4. The Labute approximate surface area is 199 Å². The Hall–Kier alpha value is -3.50. The summed E-state index contributed by atoms with van der Waals surface area (Å²) in [5.74, 6) is 0.185. The van der Waals surface area contributed by atoms with Gasteiger partial charge < -0.3 is 15.0 Å². The number of methoxy groups -OCH3 is 1. The lowest BCUT2D eigenvalue weighted by Crippen LogP contribution is -2.45. The lowest BCUT2D eigenvalue weighted by molar-refractivity contribution is 0.0911. The van der Waals surface area contributed by atoms with Gasteiger partial charge in [0.05, 0.1) is 18.2 Å². The van der Waals surface area contributed by atoms with Crippen molar-refractivity contribution < 1.29 is 13.9 Å². The second-order valence-corrected chi connectivity index (χ2v) is 8.64. The van der Waals surface area contributed by atoms with Crippen LogP contribution in [0.5, 0.6) is 5.75 Å². The number of ether oxygens (including phenoxy) is 1. The molecular weight excluding hydrogens is 431 g/mol. The number of fused-ring (bicyclic) bond motifs is 1. The molecule has 1 N–H and O–H groups in total. The minimum absolute atomic E-state index is 0.0679. The number of pyridine rings is 1. The van der Waals surface area contributed by atoms with Gasteiger partial charge in [0, 0.05) is 42.8 Å². The number of likely N-dealkylation sites (tertiary alicyclic amines) is 1. The van der Waals surface area contributed by atoms with Crippen LogP contribution in [0.15, 0.2) is 42.6 Å². The maximum Gasteiger partial charge on any atom is 0.251 e. The quantitative estimate of drug-likeness (QED) is 0.570. The highest BCUT2D eigenvalue weighted by Gasteiger charge is 2.22. The van der Waals surface area contributed by atoms with Gasteiger partial charge in [-0.1, -0.05) is 13.0 Å². The van der Waals surface area contributed by atoms with Crippen LogP contribution in [-0.4, -0.2) is 48.6 Å². The predicted molar refractivity (Wildman–Crippen MR) is 129 cm³/mol. The zero-order valence-corrected chi connectivity index (χ0v) is 19.6. The fourth-order valence-electron chi connectivity index (χ4n) is 4.53. The summed E-state index contributed by atoms with van der Waals surface area (Å²) in [5, 5.41) is 13.6. The minimum atomic E-state index is -0.331. The molecule has 1 aromatic heterocycles. The molecule has 1 amide bonds. The molecule has 3 aromatic rings. The standard InChI is InChI=1S/C27H29FN4O2/c1-3-18-4-5-19(14-25(18)28)27(33)31-21-8-11-32(12-9-21)13-10-23-20(16-29)17-30-26-7-6-22(34-2)15-24(23)26/h4-7,14-15,17,21H,3,8-13H2,1-2H3,(H,31,33). The lowest BCUT2D eigenvalue weighted by atomic mass is 9.99. The van der Waals surface area contributed by atoms with Crippen molar-refractivity contribution in [2.45, 2.75) is 38.6 Å². The van der Waals surface area contributed by atoms with Crippen molar-refractivity contribution in [3.05, 3.63) is 70.7 Å². The molecular formula is C27H29FN4O2. The topological polar surface area (TPSA) is 78.3 Å². The molecule has 4 rings (SSSR count). The Morgan fingerprint density at radius 3 is 2.74 bits per heavy atom. The first-order valence-electron chi connectivity index (χ1n) is 11.7. The van der Waals surface area contributed by atoms with Crippen LogP contribution in [0, 0.1) is 17.1 Å². The summed E-state index contributed by atoms with van der Waals surface area (Å²) in [4.78, 5) is 19.3. The van der Waals surface area contributed by atoms with Crippen LogP contribution in [0.3, 0.4) is 0 Å². The van der Waals surface area contributed by atoms with Crippen LogP contribution < -0.4 is 10.1 Å². The second kappa shape index (κ2) is 10.6. The molecule has 0 atom stereocenters. The zero-order valence-electron chi connectivity index (χ0n) is 19.6. The molecule has 2 heterocycles. The van der Waals surface area contributed by atoms with Gasteiger partial charge in [0.15, 0.2) is 0 Å². The van der Waals surface area contributed by atoms with Crippen LogP contribution in [0.25, 0.3) is 10.9 Å². The second-order valence-electron chi connectivity index (χ2n) is 8.64. The zero-order chi connectivity index (χ0) is 24.1.